The number of furan rings is 1. The fraction of sp³-hybridized carbons (Fsp3) is 0.273. The zero-order valence-electron chi connectivity index (χ0n) is 15.9. The molecule has 2 amide bonds. The Morgan fingerprint density at radius 1 is 1.20 bits per heavy atom. The van der Waals surface area contributed by atoms with E-state index in [4.69, 9.17) is 16.0 Å². The Labute approximate surface area is 186 Å². The van der Waals surface area contributed by atoms with Gasteiger partial charge in [-0.3, -0.25) is 9.59 Å². The van der Waals surface area contributed by atoms with Gasteiger partial charge in [0.25, 0.3) is 5.91 Å². The molecule has 3 aromatic rings. The lowest BCUT2D eigenvalue weighted by Gasteiger charge is -2.21. The van der Waals surface area contributed by atoms with Gasteiger partial charge >= 0.3 is 0 Å². The highest BCUT2D eigenvalue weighted by atomic mass is 79.9. The van der Waals surface area contributed by atoms with E-state index in [0.717, 1.165) is 18.2 Å². The molecule has 2 N–H and O–H groups in total. The van der Waals surface area contributed by atoms with Gasteiger partial charge in [-0.15, -0.1) is 0 Å². The van der Waals surface area contributed by atoms with Crippen molar-refractivity contribution in [1.82, 2.24) is 10.6 Å². The zero-order valence-corrected chi connectivity index (χ0v) is 18.2. The monoisotopic (exact) mass is 492 g/mol. The third-order valence-electron chi connectivity index (χ3n) is 5.40. The van der Waals surface area contributed by atoms with Crippen LogP contribution in [0.2, 0.25) is 5.02 Å². The third-order valence-corrected chi connectivity index (χ3v) is 6.08. The van der Waals surface area contributed by atoms with Gasteiger partial charge in [-0.05, 0) is 59.1 Å². The highest BCUT2D eigenvalue weighted by Crippen LogP contribution is 2.28. The predicted molar refractivity (Wildman–Crippen MR) is 116 cm³/mol. The van der Waals surface area contributed by atoms with Crippen LogP contribution in [0.1, 0.15) is 35.2 Å². The second-order valence-corrected chi connectivity index (χ2v) is 8.54. The minimum Gasteiger partial charge on any atom is -0.449 e. The van der Waals surface area contributed by atoms with E-state index in [1.54, 1.807) is 36.4 Å². The maximum absolute atomic E-state index is 14.0. The molecule has 156 valence electrons. The topological polar surface area (TPSA) is 71.3 Å². The smallest absolute Gasteiger partial charge is 0.251 e. The molecule has 1 fully saturated rings. The van der Waals surface area contributed by atoms with Crippen molar-refractivity contribution in [3.8, 4) is 0 Å². The van der Waals surface area contributed by atoms with Crippen molar-refractivity contribution < 1.29 is 18.4 Å². The molecule has 0 bridgehead atoms. The third kappa shape index (κ3) is 4.37. The molecular weight excluding hydrogens is 475 g/mol. The summed E-state index contributed by atoms with van der Waals surface area (Å²) >= 11 is 9.07. The van der Waals surface area contributed by atoms with Gasteiger partial charge in [-0.2, -0.15) is 0 Å². The van der Waals surface area contributed by atoms with Gasteiger partial charge in [0.05, 0.1) is 10.9 Å². The average molecular weight is 494 g/mol. The van der Waals surface area contributed by atoms with Crippen LogP contribution in [0.3, 0.4) is 0 Å². The van der Waals surface area contributed by atoms with Crippen molar-refractivity contribution in [2.75, 3.05) is 0 Å². The van der Waals surface area contributed by atoms with Crippen molar-refractivity contribution in [2.24, 2.45) is 5.92 Å². The van der Waals surface area contributed by atoms with Crippen molar-refractivity contribution in [1.29, 1.82) is 0 Å². The summed E-state index contributed by atoms with van der Waals surface area (Å²) in [6.07, 6.45) is 2.22. The fourth-order valence-corrected chi connectivity index (χ4v) is 4.46. The van der Waals surface area contributed by atoms with E-state index in [1.165, 1.54) is 6.07 Å². The van der Waals surface area contributed by atoms with E-state index in [0.29, 0.717) is 27.8 Å². The number of amides is 2. The number of hydrogen-bond acceptors (Lipinski definition) is 3. The Morgan fingerprint density at radius 2 is 2.03 bits per heavy atom. The molecule has 8 heteroatoms. The van der Waals surface area contributed by atoms with Crippen molar-refractivity contribution in [2.45, 2.75) is 31.8 Å². The van der Waals surface area contributed by atoms with Crippen LogP contribution in [-0.4, -0.2) is 17.9 Å². The van der Waals surface area contributed by atoms with Crippen LogP contribution in [-0.2, 0) is 11.3 Å². The van der Waals surface area contributed by atoms with Crippen LogP contribution < -0.4 is 10.6 Å². The maximum Gasteiger partial charge on any atom is 0.251 e. The van der Waals surface area contributed by atoms with E-state index in [2.05, 4.69) is 26.6 Å². The molecule has 30 heavy (non-hydrogen) atoms. The number of nitrogens with one attached hydrogen (secondary N) is 2. The summed E-state index contributed by atoms with van der Waals surface area (Å²) < 4.78 is 20.1. The summed E-state index contributed by atoms with van der Waals surface area (Å²) in [5.74, 6) is -1.33. The molecule has 1 aromatic heterocycles. The van der Waals surface area contributed by atoms with Gasteiger partial charge in [0.2, 0.25) is 5.91 Å². The van der Waals surface area contributed by atoms with E-state index in [9.17, 15) is 14.0 Å². The first kappa shape index (κ1) is 20.9. The van der Waals surface area contributed by atoms with Crippen LogP contribution in [0.15, 0.2) is 51.6 Å². The summed E-state index contributed by atoms with van der Waals surface area (Å²) in [6.45, 7) is 0.0500. The molecular formula is C22H19BrClFN2O3. The van der Waals surface area contributed by atoms with Crippen LogP contribution in [0.4, 0.5) is 4.39 Å². The Hall–Kier alpha value is -2.38. The normalized spacial score (nSPS) is 18.5. The van der Waals surface area contributed by atoms with Crippen LogP contribution in [0.25, 0.3) is 11.0 Å². The summed E-state index contributed by atoms with van der Waals surface area (Å²) in [4.78, 5) is 25.4. The first-order chi connectivity index (χ1) is 14.4. The van der Waals surface area contributed by atoms with E-state index >= 15 is 0 Å². The molecule has 1 heterocycles. The largest absolute Gasteiger partial charge is 0.449 e. The number of fused-ring (bicyclic) bond motifs is 1. The molecule has 0 unspecified atom stereocenters. The van der Waals surface area contributed by atoms with Crippen molar-refractivity contribution >= 4 is 50.3 Å². The Morgan fingerprint density at radius 3 is 2.87 bits per heavy atom. The summed E-state index contributed by atoms with van der Waals surface area (Å²) in [5.41, 5.74) is 1.52. The van der Waals surface area contributed by atoms with E-state index < -0.39 is 5.82 Å². The zero-order chi connectivity index (χ0) is 21.3. The summed E-state index contributed by atoms with van der Waals surface area (Å²) in [6, 6.07) is 11.4. The Bertz CT molecular complexity index is 1120. The molecule has 0 saturated heterocycles. The molecule has 1 aliphatic rings. The number of carbonyl (C=O) groups is 2. The molecule has 5 nitrogen and oxygen atoms in total. The standard InChI is InChI=1S/C22H19BrClFN2O3/c23-19-10-14-9-12(7-8-18(14)30-19)21(28)27-17-6-2-4-15(17)22(29)26-11-13-3-1-5-16(24)20(13)25/h1,3,5,7-10,15,17H,2,4,6,11H2,(H,26,29)(H,27,28)/t15-,17-/m1/s1. The second kappa shape index (κ2) is 8.78. The number of hydrogen-bond donors (Lipinski definition) is 2. The molecule has 2 aromatic carbocycles. The highest BCUT2D eigenvalue weighted by molar-refractivity contribution is 9.10. The van der Waals surface area contributed by atoms with Gasteiger partial charge in [0.1, 0.15) is 11.4 Å². The molecule has 2 atom stereocenters. The van der Waals surface area contributed by atoms with Crippen LogP contribution in [0.5, 0.6) is 0 Å². The minimum atomic E-state index is -0.531. The maximum atomic E-state index is 14.0. The van der Waals surface area contributed by atoms with E-state index in [-0.39, 0.29) is 35.3 Å². The number of rotatable bonds is 5. The van der Waals surface area contributed by atoms with Gasteiger partial charge in [0.15, 0.2) is 4.67 Å². The SMILES string of the molecule is O=C(N[C@@H]1CCC[C@H]1C(=O)NCc1cccc(Cl)c1F)c1ccc2oc(Br)cc2c1. The first-order valence-corrected chi connectivity index (χ1v) is 10.8. The Kier molecular flexibility index (Phi) is 6.11. The average Bonchev–Trinajstić information content (AvgIpc) is 3.33. The lowest BCUT2D eigenvalue weighted by atomic mass is 10.0. The summed E-state index contributed by atoms with van der Waals surface area (Å²) in [5, 5.41) is 6.59. The summed E-state index contributed by atoms with van der Waals surface area (Å²) in [7, 11) is 0. The first-order valence-electron chi connectivity index (χ1n) is 9.63. The predicted octanol–water partition coefficient (Wildman–Crippen LogP) is 5.20. The van der Waals surface area contributed by atoms with Crippen LogP contribution in [0, 0.1) is 11.7 Å². The molecule has 4 rings (SSSR count). The number of carbonyl (C=O) groups excluding carboxylic acids is 2. The van der Waals surface area contributed by atoms with Gasteiger partial charge < -0.3 is 15.1 Å². The molecule has 1 aliphatic carbocycles. The van der Waals surface area contributed by atoms with Crippen molar-refractivity contribution in [3.63, 3.8) is 0 Å². The second-order valence-electron chi connectivity index (χ2n) is 7.35. The van der Waals surface area contributed by atoms with Crippen LogP contribution >= 0.6 is 27.5 Å². The minimum absolute atomic E-state index is 0.0226. The van der Waals surface area contributed by atoms with Gasteiger partial charge in [0, 0.05) is 29.1 Å². The lowest BCUT2D eigenvalue weighted by Crippen LogP contribution is -2.43. The fourth-order valence-electron chi connectivity index (χ4n) is 3.85. The van der Waals surface area contributed by atoms with E-state index in [1.807, 2.05) is 0 Å². The Balaban J connectivity index is 1.40. The lowest BCUT2D eigenvalue weighted by molar-refractivity contribution is -0.125. The quantitative estimate of drug-likeness (QED) is 0.513. The molecule has 0 aliphatic heterocycles. The highest BCUT2D eigenvalue weighted by Gasteiger charge is 2.34. The van der Waals surface area contributed by atoms with Gasteiger partial charge in [-0.1, -0.05) is 30.2 Å². The number of benzene rings is 2. The molecule has 0 spiro atoms. The van der Waals surface area contributed by atoms with Crippen molar-refractivity contribution in [3.05, 3.63) is 69.1 Å². The molecule has 1 saturated carbocycles. The number of halogens is 3. The molecule has 0 radical (unpaired) electrons. The van der Waals surface area contributed by atoms with Gasteiger partial charge in [-0.25, -0.2) is 4.39 Å².